The maximum Gasteiger partial charge on any atom is 0.0760 e. The average Bonchev–Trinajstić information content (AvgIpc) is 2.38. The van der Waals surface area contributed by atoms with Gasteiger partial charge in [0.15, 0.2) is 0 Å². The Labute approximate surface area is 119 Å². The molecule has 0 spiro atoms. The molecule has 1 atom stereocenters. The lowest BCUT2D eigenvalue weighted by molar-refractivity contribution is 0.238. The summed E-state index contributed by atoms with van der Waals surface area (Å²) < 4.78 is 0. The SMILES string of the molecule is CCC1CCC(C(N)c2ncc(Cl)cc2Cl)CC1. The van der Waals surface area contributed by atoms with E-state index >= 15 is 0 Å². The van der Waals surface area contributed by atoms with Gasteiger partial charge in [-0.3, -0.25) is 4.98 Å². The number of hydrogen-bond acceptors (Lipinski definition) is 2. The lowest BCUT2D eigenvalue weighted by Crippen LogP contribution is -2.27. The van der Waals surface area contributed by atoms with Crippen LogP contribution in [0.15, 0.2) is 12.3 Å². The molecule has 0 aliphatic heterocycles. The Morgan fingerprint density at radius 1 is 1.33 bits per heavy atom. The summed E-state index contributed by atoms with van der Waals surface area (Å²) in [5, 5.41) is 1.15. The Morgan fingerprint density at radius 2 is 2.00 bits per heavy atom. The first kappa shape index (κ1) is 14.1. The summed E-state index contributed by atoms with van der Waals surface area (Å²) in [7, 11) is 0. The zero-order valence-corrected chi connectivity index (χ0v) is 12.2. The van der Waals surface area contributed by atoms with Crippen LogP contribution in [0, 0.1) is 11.8 Å². The minimum absolute atomic E-state index is 0.0624. The fraction of sp³-hybridized carbons (Fsp3) is 0.643. The van der Waals surface area contributed by atoms with E-state index in [4.69, 9.17) is 28.9 Å². The van der Waals surface area contributed by atoms with Gasteiger partial charge >= 0.3 is 0 Å². The first-order chi connectivity index (χ1) is 8.61. The van der Waals surface area contributed by atoms with Crippen molar-refractivity contribution in [2.24, 2.45) is 17.6 Å². The summed E-state index contributed by atoms with van der Waals surface area (Å²) in [5.74, 6) is 1.38. The van der Waals surface area contributed by atoms with E-state index in [2.05, 4.69) is 11.9 Å². The van der Waals surface area contributed by atoms with E-state index in [9.17, 15) is 0 Å². The monoisotopic (exact) mass is 286 g/mol. The van der Waals surface area contributed by atoms with Crippen molar-refractivity contribution in [1.29, 1.82) is 0 Å². The molecule has 0 bridgehead atoms. The molecule has 0 saturated heterocycles. The number of nitrogens with two attached hydrogens (primary N) is 1. The van der Waals surface area contributed by atoms with Crippen LogP contribution in [0.1, 0.15) is 50.8 Å². The van der Waals surface area contributed by atoms with Crippen LogP contribution < -0.4 is 5.73 Å². The van der Waals surface area contributed by atoms with Crippen molar-refractivity contribution in [3.8, 4) is 0 Å². The number of aromatic nitrogens is 1. The molecule has 1 aromatic rings. The molecule has 18 heavy (non-hydrogen) atoms. The van der Waals surface area contributed by atoms with E-state index in [1.807, 2.05) is 0 Å². The van der Waals surface area contributed by atoms with Gasteiger partial charge in [0.1, 0.15) is 0 Å². The van der Waals surface area contributed by atoms with Crippen molar-refractivity contribution in [2.45, 2.75) is 45.1 Å². The zero-order valence-electron chi connectivity index (χ0n) is 10.7. The molecule has 1 aromatic heterocycles. The van der Waals surface area contributed by atoms with Crippen molar-refractivity contribution in [1.82, 2.24) is 4.98 Å². The molecule has 2 rings (SSSR count). The second-order valence-electron chi connectivity index (χ2n) is 5.24. The summed E-state index contributed by atoms with van der Waals surface area (Å²) in [5.41, 5.74) is 7.11. The van der Waals surface area contributed by atoms with E-state index in [-0.39, 0.29) is 6.04 Å². The molecular weight excluding hydrogens is 267 g/mol. The lowest BCUT2D eigenvalue weighted by atomic mass is 9.77. The van der Waals surface area contributed by atoms with Crippen LogP contribution in [0.5, 0.6) is 0 Å². The zero-order chi connectivity index (χ0) is 13.1. The van der Waals surface area contributed by atoms with Gasteiger partial charge in [-0.25, -0.2) is 0 Å². The highest BCUT2D eigenvalue weighted by Crippen LogP contribution is 2.38. The Kier molecular flexibility index (Phi) is 4.88. The minimum Gasteiger partial charge on any atom is -0.322 e. The topological polar surface area (TPSA) is 38.9 Å². The number of pyridine rings is 1. The number of rotatable bonds is 3. The third-order valence-corrected chi connectivity index (χ3v) is 4.64. The molecule has 1 aliphatic carbocycles. The molecule has 1 unspecified atom stereocenters. The molecule has 0 aromatic carbocycles. The van der Waals surface area contributed by atoms with Crippen LogP contribution in [0.3, 0.4) is 0 Å². The fourth-order valence-corrected chi connectivity index (χ4v) is 3.36. The number of nitrogens with zero attached hydrogens (tertiary/aromatic N) is 1. The Morgan fingerprint density at radius 3 is 2.56 bits per heavy atom. The van der Waals surface area contributed by atoms with Crippen LogP contribution in [0.25, 0.3) is 0 Å². The van der Waals surface area contributed by atoms with Crippen LogP contribution in [-0.4, -0.2) is 4.98 Å². The normalized spacial score (nSPS) is 26.0. The summed E-state index contributed by atoms with van der Waals surface area (Å²) in [6.45, 7) is 2.27. The maximum absolute atomic E-state index is 6.32. The lowest BCUT2D eigenvalue weighted by Gasteiger charge is -2.31. The number of halogens is 2. The van der Waals surface area contributed by atoms with Gasteiger partial charge < -0.3 is 5.73 Å². The average molecular weight is 287 g/mol. The quantitative estimate of drug-likeness (QED) is 0.882. The van der Waals surface area contributed by atoms with E-state index < -0.39 is 0 Å². The highest BCUT2D eigenvalue weighted by atomic mass is 35.5. The summed E-state index contributed by atoms with van der Waals surface area (Å²) in [6.07, 6.45) is 7.82. The molecule has 4 heteroatoms. The van der Waals surface area contributed by atoms with Gasteiger partial charge in [0.05, 0.1) is 21.8 Å². The maximum atomic E-state index is 6.32. The Balaban J connectivity index is 2.05. The second kappa shape index (κ2) is 6.23. The van der Waals surface area contributed by atoms with Crippen LogP contribution >= 0.6 is 23.2 Å². The Bertz CT molecular complexity index is 401. The molecule has 0 amide bonds. The van der Waals surface area contributed by atoms with Crippen molar-refractivity contribution in [3.05, 3.63) is 28.0 Å². The van der Waals surface area contributed by atoms with E-state index in [1.165, 1.54) is 32.1 Å². The smallest absolute Gasteiger partial charge is 0.0760 e. The van der Waals surface area contributed by atoms with Gasteiger partial charge in [0.25, 0.3) is 0 Å². The molecule has 2 nitrogen and oxygen atoms in total. The standard InChI is InChI=1S/C14H20Cl2N2/c1-2-9-3-5-10(6-4-9)13(17)14-12(16)7-11(15)8-18-14/h7-10,13H,2-6,17H2,1H3. The molecule has 1 heterocycles. The molecule has 2 N–H and O–H groups in total. The molecule has 1 fully saturated rings. The fourth-order valence-electron chi connectivity index (χ4n) is 2.85. The molecule has 1 saturated carbocycles. The molecular formula is C14H20Cl2N2. The van der Waals surface area contributed by atoms with Gasteiger partial charge in [0, 0.05) is 6.20 Å². The molecule has 1 aliphatic rings. The largest absolute Gasteiger partial charge is 0.322 e. The highest BCUT2D eigenvalue weighted by Gasteiger charge is 2.27. The summed E-state index contributed by atoms with van der Waals surface area (Å²) in [4.78, 5) is 4.30. The van der Waals surface area contributed by atoms with Crippen molar-refractivity contribution >= 4 is 23.2 Å². The summed E-state index contributed by atoms with van der Waals surface area (Å²) in [6, 6.07) is 1.66. The van der Waals surface area contributed by atoms with Gasteiger partial charge in [-0.1, -0.05) is 49.4 Å². The van der Waals surface area contributed by atoms with Crippen molar-refractivity contribution in [3.63, 3.8) is 0 Å². The molecule has 0 radical (unpaired) electrons. The number of hydrogen-bond donors (Lipinski definition) is 1. The minimum atomic E-state index is -0.0624. The van der Waals surface area contributed by atoms with E-state index in [0.29, 0.717) is 16.0 Å². The van der Waals surface area contributed by atoms with Crippen LogP contribution in [0.4, 0.5) is 0 Å². The van der Waals surface area contributed by atoms with E-state index in [1.54, 1.807) is 12.3 Å². The van der Waals surface area contributed by atoms with Gasteiger partial charge in [-0.05, 0) is 30.7 Å². The van der Waals surface area contributed by atoms with Crippen LogP contribution in [-0.2, 0) is 0 Å². The summed E-state index contributed by atoms with van der Waals surface area (Å²) >= 11 is 12.0. The second-order valence-corrected chi connectivity index (χ2v) is 6.08. The van der Waals surface area contributed by atoms with Crippen molar-refractivity contribution < 1.29 is 0 Å². The van der Waals surface area contributed by atoms with Gasteiger partial charge in [-0.2, -0.15) is 0 Å². The van der Waals surface area contributed by atoms with Gasteiger partial charge in [0.2, 0.25) is 0 Å². The third-order valence-electron chi connectivity index (χ3n) is 4.13. The first-order valence-electron chi connectivity index (χ1n) is 6.68. The molecule has 100 valence electrons. The van der Waals surface area contributed by atoms with Crippen molar-refractivity contribution in [2.75, 3.05) is 0 Å². The predicted molar refractivity (Wildman–Crippen MR) is 76.9 cm³/mol. The van der Waals surface area contributed by atoms with Crippen LogP contribution in [0.2, 0.25) is 10.0 Å². The van der Waals surface area contributed by atoms with Gasteiger partial charge in [-0.15, -0.1) is 0 Å². The third kappa shape index (κ3) is 3.17. The van der Waals surface area contributed by atoms with E-state index in [0.717, 1.165) is 11.6 Å². The Hall–Kier alpha value is -0.310. The first-order valence-corrected chi connectivity index (χ1v) is 7.44. The highest BCUT2D eigenvalue weighted by molar-refractivity contribution is 6.34. The predicted octanol–water partition coefficient (Wildman–Crippen LogP) is 4.60.